The zero-order valence-electron chi connectivity index (χ0n) is 15.7. The van der Waals surface area contributed by atoms with Crippen LogP contribution in [0.3, 0.4) is 0 Å². The smallest absolute Gasteiger partial charge is 0.304 e. The van der Waals surface area contributed by atoms with E-state index < -0.39 is 26.0 Å². The van der Waals surface area contributed by atoms with Gasteiger partial charge in [0.25, 0.3) is 10.0 Å². The SMILES string of the molecule is Cc1ccc(S(=O)(=O)NCCC(=O)O)c(C)c1N(C)S(=O)(=O)c1ccccc1. The average Bonchev–Trinajstić information content (AvgIpc) is 2.61. The third-order valence-corrected chi connectivity index (χ3v) is 7.60. The van der Waals surface area contributed by atoms with E-state index in [0.29, 0.717) is 5.56 Å². The van der Waals surface area contributed by atoms with Crippen LogP contribution in [0.25, 0.3) is 0 Å². The number of sulfonamides is 2. The molecule has 0 unspecified atom stereocenters. The third kappa shape index (κ3) is 4.51. The molecule has 0 saturated heterocycles. The minimum Gasteiger partial charge on any atom is -0.481 e. The maximum absolute atomic E-state index is 12.9. The number of hydrogen-bond acceptors (Lipinski definition) is 5. The lowest BCUT2D eigenvalue weighted by Crippen LogP contribution is -2.30. The van der Waals surface area contributed by atoms with Crippen molar-refractivity contribution in [2.75, 3.05) is 17.9 Å². The number of aryl methyl sites for hydroxylation is 1. The van der Waals surface area contributed by atoms with Gasteiger partial charge in [0, 0.05) is 13.6 Å². The van der Waals surface area contributed by atoms with Crippen LogP contribution in [0, 0.1) is 13.8 Å². The van der Waals surface area contributed by atoms with Crippen LogP contribution in [0.4, 0.5) is 5.69 Å². The summed E-state index contributed by atoms with van der Waals surface area (Å²) >= 11 is 0. The molecule has 0 heterocycles. The van der Waals surface area contributed by atoms with Crippen LogP contribution in [-0.4, -0.2) is 41.5 Å². The summed E-state index contributed by atoms with van der Waals surface area (Å²) in [5.74, 6) is -1.13. The molecule has 2 N–H and O–H groups in total. The summed E-state index contributed by atoms with van der Waals surface area (Å²) in [5, 5.41) is 8.68. The standard InChI is InChI=1S/C18H22N2O6S2/c1-13-9-10-16(27(23,24)19-12-11-17(21)22)14(2)18(13)20(3)28(25,26)15-7-5-4-6-8-15/h4-10,19H,11-12H2,1-3H3,(H,21,22). The first-order chi connectivity index (χ1) is 13.0. The van der Waals surface area contributed by atoms with Gasteiger partial charge in [-0.25, -0.2) is 21.6 Å². The van der Waals surface area contributed by atoms with Crippen LogP contribution in [0.15, 0.2) is 52.3 Å². The van der Waals surface area contributed by atoms with E-state index in [1.165, 1.54) is 38.2 Å². The van der Waals surface area contributed by atoms with Crippen LogP contribution in [0.5, 0.6) is 0 Å². The monoisotopic (exact) mass is 426 g/mol. The largest absolute Gasteiger partial charge is 0.481 e. The van der Waals surface area contributed by atoms with Gasteiger partial charge in [-0.15, -0.1) is 0 Å². The Kier molecular flexibility index (Phi) is 6.48. The lowest BCUT2D eigenvalue weighted by molar-refractivity contribution is -0.136. The molecule has 0 saturated carbocycles. The maximum Gasteiger partial charge on any atom is 0.304 e. The number of hydrogen-bond donors (Lipinski definition) is 2. The Bertz CT molecular complexity index is 1080. The highest BCUT2D eigenvalue weighted by molar-refractivity contribution is 7.92. The summed E-state index contributed by atoms with van der Waals surface area (Å²) in [6.07, 6.45) is -0.362. The van der Waals surface area contributed by atoms with Gasteiger partial charge < -0.3 is 5.11 Å². The molecule has 152 valence electrons. The van der Waals surface area contributed by atoms with E-state index in [4.69, 9.17) is 5.11 Å². The zero-order valence-corrected chi connectivity index (χ0v) is 17.3. The highest BCUT2D eigenvalue weighted by atomic mass is 32.2. The molecule has 10 heteroatoms. The number of benzene rings is 2. The van der Waals surface area contributed by atoms with Gasteiger partial charge in [0.15, 0.2) is 0 Å². The first-order valence-electron chi connectivity index (χ1n) is 8.34. The van der Waals surface area contributed by atoms with Gasteiger partial charge >= 0.3 is 5.97 Å². The Balaban J connectivity index is 2.49. The molecule has 0 spiro atoms. The van der Waals surface area contributed by atoms with E-state index in [9.17, 15) is 21.6 Å². The summed E-state index contributed by atoms with van der Waals surface area (Å²) < 4.78 is 54.3. The topological polar surface area (TPSA) is 121 Å². The normalized spacial score (nSPS) is 12.0. The second-order valence-corrected chi connectivity index (χ2v) is 9.89. The molecule has 8 nitrogen and oxygen atoms in total. The lowest BCUT2D eigenvalue weighted by Gasteiger charge is -2.25. The molecule has 0 aliphatic rings. The molecule has 0 aromatic heterocycles. The number of aliphatic carboxylic acids is 1. The second-order valence-electron chi connectivity index (χ2n) is 6.18. The number of anilines is 1. The van der Waals surface area contributed by atoms with Gasteiger partial charge in [-0.2, -0.15) is 0 Å². The van der Waals surface area contributed by atoms with Crippen molar-refractivity contribution in [2.45, 2.75) is 30.1 Å². The summed E-state index contributed by atoms with van der Waals surface area (Å²) in [6, 6.07) is 10.7. The van der Waals surface area contributed by atoms with Crippen LogP contribution in [0.1, 0.15) is 17.5 Å². The van der Waals surface area contributed by atoms with Crippen LogP contribution in [-0.2, 0) is 24.8 Å². The number of nitrogens with zero attached hydrogens (tertiary/aromatic N) is 1. The van der Waals surface area contributed by atoms with Crippen molar-refractivity contribution >= 4 is 31.7 Å². The third-order valence-electron chi connectivity index (χ3n) is 4.22. The maximum atomic E-state index is 12.9. The Hall–Kier alpha value is -2.43. The molecular formula is C18H22N2O6S2. The van der Waals surface area contributed by atoms with Crippen molar-refractivity contribution < 1.29 is 26.7 Å². The van der Waals surface area contributed by atoms with Gasteiger partial charge in [-0.05, 0) is 43.2 Å². The summed E-state index contributed by atoms with van der Waals surface area (Å²) in [6.45, 7) is 2.94. The minimum absolute atomic E-state index is 0.0872. The zero-order chi connectivity index (χ0) is 21.1. The number of carboxylic acids is 1. The van der Waals surface area contributed by atoms with Gasteiger partial charge in [0.2, 0.25) is 10.0 Å². The predicted octanol–water partition coefficient (Wildman–Crippen LogP) is 1.88. The van der Waals surface area contributed by atoms with Crippen molar-refractivity contribution in [2.24, 2.45) is 0 Å². The Morgan fingerprint density at radius 1 is 1.04 bits per heavy atom. The minimum atomic E-state index is -4.00. The molecule has 2 aromatic rings. The Morgan fingerprint density at radius 2 is 1.64 bits per heavy atom. The highest BCUT2D eigenvalue weighted by Crippen LogP contribution is 2.32. The lowest BCUT2D eigenvalue weighted by atomic mass is 10.1. The number of nitrogens with one attached hydrogen (secondary N) is 1. The number of rotatable bonds is 8. The Labute approximate surface area is 164 Å². The molecule has 0 aliphatic carbocycles. The van der Waals surface area contributed by atoms with E-state index in [0.717, 1.165) is 4.31 Å². The van der Waals surface area contributed by atoms with E-state index in [1.807, 2.05) is 0 Å². The van der Waals surface area contributed by atoms with Gasteiger partial charge in [0.1, 0.15) is 0 Å². The predicted molar refractivity (Wildman–Crippen MR) is 105 cm³/mol. The molecule has 0 aliphatic heterocycles. The summed E-state index contributed by atoms with van der Waals surface area (Å²) in [7, 11) is -6.52. The molecule has 2 aromatic carbocycles. The first-order valence-corrected chi connectivity index (χ1v) is 11.3. The Morgan fingerprint density at radius 3 is 2.21 bits per heavy atom. The fourth-order valence-electron chi connectivity index (χ4n) is 2.83. The van der Waals surface area contributed by atoms with E-state index in [2.05, 4.69) is 4.72 Å². The van der Waals surface area contributed by atoms with Crippen LogP contribution < -0.4 is 9.03 Å². The number of carboxylic acid groups (broad SMARTS) is 1. The first kappa shape index (κ1) is 21.9. The van der Waals surface area contributed by atoms with Crippen molar-refractivity contribution in [3.05, 3.63) is 53.6 Å². The molecule has 0 atom stereocenters. The number of carbonyl (C=O) groups is 1. The van der Waals surface area contributed by atoms with Gasteiger partial charge in [-0.3, -0.25) is 9.10 Å². The van der Waals surface area contributed by atoms with Gasteiger partial charge in [-0.1, -0.05) is 24.3 Å². The van der Waals surface area contributed by atoms with Crippen LogP contribution >= 0.6 is 0 Å². The van der Waals surface area contributed by atoms with Crippen LogP contribution in [0.2, 0.25) is 0 Å². The quantitative estimate of drug-likeness (QED) is 0.665. The van der Waals surface area contributed by atoms with Gasteiger partial charge in [0.05, 0.1) is 21.9 Å². The summed E-state index contributed by atoms with van der Waals surface area (Å²) in [5.41, 5.74) is 1.10. The van der Waals surface area contributed by atoms with Crippen molar-refractivity contribution in [3.8, 4) is 0 Å². The van der Waals surface area contributed by atoms with E-state index >= 15 is 0 Å². The second kappa shape index (κ2) is 8.29. The van der Waals surface area contributed by atoms with E-state index in [-0.39, 0.29) is 34.0 Å². The molecular weight excluding hydrogens is 404 g/mol. The molecule has 0 bridgehead atoms. The van der Waals surface area contributed by atoms with Crippen molar-refractivity contribution in [3.63, 3.8) is 0 Å². The molecule has 0 fully saturated rings. The highest BCUT2D eigenvalue weighted by Gasteiger charge is 2.27. The molecule has 28 heavy (non-hydrogen) atoms. The van der Waals surface area contributed by atoms with Crippen molar-refractivity contribution in [1.82, 2.24) is 4.72 Å². The average molecular weight is 427 g/mol. The molecule has 0 amide bonds. The molecule has 0 radical (unpaired) electrons. The summed E-state index contributed by atoms with van der Waals surface area (Å²) in [4.78, 5) is 10.6. The fraction of sp³-hybridized carbons (Fsp3) is 0.278. The van der Waals surface area contributed by atoms with E-state index in [1.54, 1.807) is 25.1 Å². The van der Waals surface area contributed by atoms with Crippen molar-refractivity contribution in [1.29, 1.82) is 0 Å². The fourth-order valence-corrected chi connectivity index (χ4v) is 5.45. The molecule has 2 rings (SSSR count).